The van der Waals surface area contributed by atoms with Crippen molar-refractivity contribution >= 4 is 33.2 Å². The van der Waals surface area contributed by atoms with Gasteiger partial charge in [0.25, 0.3) is 5.69 Å². The first-order valence-corrected chi connectivity index (χ1v) is 5.46. The van der Waals surface area contributed by atoms with Crippen LogP contribution in [0, 0.1) is 15.9 Å². The highest BCUT2D eigenvalue weighted by molar-refractivity contribution is 9.09. The Hall–Kier alpha value is -1.50. The number of hydrogen-bond donors (Lipinski definition) is 1. The van der Waals surface area contributed by atoms with Gasteiger partial charge in [-0.2, -0.15) is 0 Å². The van der Waals surface area contributed by atoms with Crippen molar-refractivity contribution in [3.05, 3.63) is 34.1 Å². The van der Waals surface area contributed by atoms with Crippen LogP contribution in [0.4, 0.5) is 15.8 Å². The third-order valence-electron chi connectivity index (χ3n) is 1.76. The van der Waals surface area contributed by atoms with Crippen LogP contribution < -0.4 is 5.32 Å². The third-order valence-corrected chi connectivity index (χ3v) is 2.16. The number of carbonyl (C=O) groups excluding carboxylic acids is 1. The number of rotatable bonds is 4. The lowest BCUT2D eigenvalue weighted by Gasteiger charge is -2.04. The molecule has 0 unspecified atom stereocenters. The molecular weight excluding hydrogens is 283 g/mol. The quantitative estimate of drug-likeness (QED) is 0.526. The van der Waals surface area contributed by atoms with E-state index < -0.39 is 10.7 Å². The van der Waals surface area contributed by atoms with Gasteiger partial charge < -0.3 is 5.32 Å². The maximum absolute atomic E-state index is 13.3. The van der Waals surface area contributed by atoms with Gasteiger partial charge in [-0.25, -0.2) is 4.39 Å². The lowest BCUT2D eigenvalue weighted by atomic mass is 10.2. The third kappa shape index (κ3) is 3.27. The monoisotopic (exact) mass is 290 g/mol. The first-order valence-electron chi connectivity index (χ1n) is 4.34. The SMILES string of the molecule is O=C(CCBr)Nc1ccc([N+](=O)[O-])cc1F. The van der Waals surface area contributed by atoms with Crippen LogP contribution in [-0.2, 0) is 4.79 Å². The van der Waals surface area contributed by atoms with Gasteiger partial charge in [-0.3, -0.25) is 14.9 Å². The molecule has 0 atom stereocenters. The van der Waals surface area contributed by atoms with E-state index in [2.05, 4.69) is 21.2 Å². The predicted molar refractivity (Wildman–Crippen MR) is 60.1 cm³/mol. The van der Waals surface area contributed by atoms with Crippen LogP contribution in [0.5, 0.6) is 0 Å². The summed E-state index contributed by atoms with van der Waals surface area (Å²) in [6, 6.07) is 3.07. The van der Waals surface area contributed by atoms with Crippen LogP contribution in [-0.4, -0.2) is 16.2 Å². The second kappa shape index (κ2) is 5.55. The molecule has 0 saturated heterocycles. The van der Waals surface area contributed by atoms with Gasteiger partial charge in [-0.15, -0.1) is 0 Å². The first kappa shape index (κ1) is 12.6. The van der Waals surface area contributed by atoms with Crippen LogP contribution in [0.1, 0.15) is 6.42 Å². The van der Waals surface area contributed by atoms with Gasteiger partial charge in [-0.05, 0) is 6.07 Å². The number of amides is 1. The van der Waals surface area contributed by atoms with Crippen LogP contribution in [0.25, 0.3) is 0 Å². The average molecular weight is 291 g/mol. The smallest absolute Gasteiger partial charge is 0.272 e. The van der Waals surface area contributed by atoms with Gasteiger partial charge in [0.05, 0.1) is 16.7 Å². The number of alkyl halides is 1. The van der Waals surface area contributed by atoms with E-state index in [1.54, 1.807) is 0 Å². The summed E-state index contributed by atoms with van der Waals surface area (Å²) >= 11 is 3.07. The minimum Gasteiger partial charge on any atom is -0.324 e. The second-order valence-corrected chi connectivity index (χ2v) is 3.70. The molecule has 1 N–H and O–H groups in total. The minimum atomic E-state index is -0.822. The Bertz CT molecular complexity index is 425. The van der Waals surface area contributed by atoms with Crippen molar-refractivity contribution in [2.24, 2.45) is 0 Å². The van der Waals surface area contributed by atoms with Gasteiger partial charge in [0.15, 0.2) is 5.82 Å². The number of non-ortho nitro benzene ring substituents is 1. The molecule has 5 nitrogen and oxygen atoms in total. The Balaban J connectivity index is 2.83. The van der Waals surface area contributed by atoms with Gasteiger partial charge in [0.2, 0.25) is 5.91 Å². The molecule has 0 aliphatic rings. The van der Waals surface area contributed by atoms with E-state index in [0.717, 1.165) is 12.1 Å². The minimum absolute atomic E-state index is 0.0587. The summed E-state index contributed by atoms with van der Waals surface area (Å²) in [5.41, 5.74) is -0.410. The molecule has 1 rings (SSSR count). The molecule has 1 aromatic carbocycles. The number of nitro groups is 1. The number of carbonyl (C=O) groups is 1. The summed E-state index contributed by atoms with van der Waals surface area (Å²) in [6.45, 7) is 0. The number of hydrogen-bond acceptors (Lipinski definition) is 3. The van der Waals surface area contributed by atoms with E-state index in [0.29, 0.717) is 5.33 Å². The highest BCUT2D eigenvalue weighted by Crippen LogP contribution is 2.20. The van der Waals surface area contributed by atoms with Crippen molar-refractivity contribution in [2.45, 2.75) is 6.42 Å². The van der Waals surface area contributed by atoms with Gasteiger partial charge >= 0.3 is 0 Å². The Morgan fingerprint density at radius 3 is 2.75 bits per heavy atom. The van der Waals surface area contributed by atoms with Crippen molar-refractivity contribution in [1.29, 1.82) is 0 Å². The summed E-state index contributed by atoms with van der Waals surface area (Å²) < 4.78 is 13.3. The number of nitrogens with zero attached hydrogens (tertiary/aromatic N) is 1. The summed E-state index contributed by atoms with van der Waals surface area (Å²) in [5.74, 6) is -1.18. The van der Waals surface area contributed by atoms with Gasteiger partial charge in [0, 0.05) is 17.8 Å². The predicted octanol–water partition coefficient (Wildman–Crippen LogP) is 2.46. The molecule has 0 bridgehead atoms. The molecule has 0 spiro atoms. The van der Waals surface area contributed by atoms with Crippen LogP contribution in [0.3, 0.4) is 0 Å². The van der Waals surface area contributed by atoms with E-state index in [1.807, 2.05) is 0 Å². The summed E-state index contributed by atoms with van der Waals surface area (Å²) in [7, 11) is 0. The van der Waals surface area contributed by atoms with E-state index in [4.69, 9.17) is 0 Å². The summed E-state index contributed by atoms with van der Waals surface area (Å²) in [4.78, 5) is 20.8. The molecule has 0 aliphatic heterocycles. The normalized spacial score (nSPS) is 9.88. The largest absolute Gasteiger partial charge is 0.324 e. The zero-order valence-corrected chi connectivity index (χ0v) is 9.66. The van der Waals surface area contributed by atoms with Crippen molar-refractivity contribution in [3.8, 4) is 0 Å². The molecule has 0 radical (unpaired) electrons. The van der Waals surface area contributed by atoms with Crippen molar-refractivity contribution in [3.63, 3.8) is 0 Å². The van der Waals surface area contributed by atoms with Gasteiger partial charge in [0.1, 0.15) is 0 Å². The zero-order chi connectivity index (χ0) is 12.1. The van der Waals surface area contributed by atoms with Crippen LogP contribution in [0.2, 0.25) is 0 Å². The number of benzene rings is 1. The zero-order valence-electron chi connectivity index (χ0n) is 8.07. The number of nitro benzene ring substituents is 1. The number of nitrogens with one attached hydrogen (secondary N) is 1. The maximum Gasteiger partial charge on any atom is 0.272 e. The molecule has 16 heavy (non-hydrogen) atoms. The molecule has 0 aromatic heterocycles. The Morgan fingerprint density at radius 1 is 1.56 bits per heavy atom. The first-order chi connectivity index (χ1) is 7.54. The highest BCUT2D eigenvalue weighted by atomic mass is 79.9. The van der Waals surface area contributed by atoms with E-state index in [-0.39, 0.29) is 23.7 Å². The summed E-state index contributed by atoms with van der Waals surface area (Å²) in [6.07, 6.45) is 0.205. The number of halogens is 2. The maximum atomic E-state index is 13.3. The fourth-order valence-corrected chi connectivity index (χ4v) is 1.38. The molecule has 0 fully saturated rings. The second-order valence-electron chi connectivity index (χ2n) is 2.91. The fourth-order valence-electron chi connectivity index (χ4n) is 1.02. The van der Waals surface area contributed by atoms with Gasteiger partial charge in [-0.1, -0.05) is 15.9 Å². The van der Waals surface area contributed by atoms with Crippen molar-refractivity contribution in [2.75, 3.05) is 10.6 Å². The van der Waals surface area contributed by atoms with E-state index in [9.17, 15) is 19.3 Å². The average Bonchev–Trinajstić information content (AvgIpc) is 2.21. The van der Waals surface area contributed by atoms with Crippen LogP contribution >= 0.6 is 15.9 Å². The molecule has 86 valence electrons. The Morgan fingerprint density at radius 2 is 2.25 bits per heavy atom. The molecule has 1 aromatic rings. The lowest BCUT2D eigenvalue weighted by Crippen LogP contribution is -2.12. The topological polar surface area (TPSA) is 72.2 Å². The van der Waals surface area contributed by atoms with Crippen LogP contribution in [0.15, 0.2) is 18.2 Å². The fraction of sp³-hybridized carbons (Fsp3) is 0.222. The molecule has 0 heterocycles. The molecule has 7 heteroatoms. The van der Waals surface area contributed by atoms with E-state index in [1.165, 1.54) is 6.07 Å². The Labute approximate surface area is 98.9 Å². The standard InChI is InChI=1S/C9H8BrFN2O3/c10-4-3-9(14)12-8-2-1-6(13(15)16)5-7(8)11/h1-2,5H,3-4H2,(H,12,14). The Kier molecular flexibility index (Phi) is 4.36. The molecule has 0 saturated carbocycles. The molecular formula is C9H8BrFN2O3. The van der Waals surface area contributed by atoms with Crippen molar-refractivity contribution < 1.29 is 14.1 Å². The highest BCUT2D eigenvalue weighted by Gasteiger charge is 2.12. The van der Waals surface area contributed by atoms with E-state index >= 15 is 0 Å². The molecule has 0 aliphatic carbocycles. The molecule has 1 amide bonds. The lowest BCUT2D eigenvalue weighted by molar-refractivity contribution is -0.385. The number of anilines is 1. The summed E-state index contributed by atoms with van der Waals surface area (Å²) in [5, 5.41) is 13.1. The van der Waals surface area contributed by atoms with Crippen molar-refractivity contribution in [1.82, 2.24) is 0 Å².